The van der Waals surface area contributed by atoms with Gasteiger partial charge in [-0.1, -0.05) is 86.6 Å². The van der Waals surface area contributed by atoms with Crippen LogP contribution in [0.2, 0.25) is 0 Å². The van der Waals surface area contributed by atoms with Crippen LogP contribution in [0, 0.1) is 5.92 Å². The minimum Gasteiger partial charge on any atom is -0.267 e. The third kappa shape index (κ3) is 5.14. The number of carbonyl (C=O) groups is 1. The van der Waals surface area contributed by atoms with Crippen LogP contribution in [-0.4, -0.2) is 11.6 Å². The van der Waals surface area contributed by atoms with Gasteiger partial charge in [0.15, 0.2) is 0 Å². The number of nitrogens with zero attached hydrogens (tertiary/aromatic N) is 1. The van der Waals surface area contributed by atoms with Crippen LogP contribution in [0.3, 0.4) is 0 Å². The molecule has 0 saturated heterocycles. The maximum absolute atomic E-state index is 12.5. The van der Waals surface area contributed by atoms with E-state index in [9.17, 15) is 4.79 Å². The van der Waals surface area contributed by atoms with Crippen LogP contribution in [-0.2, 0) is 0 Å². The van der Waals surface area contributed by atoms with Gasteiger partial charge in [0.25, 0.3) is 5.91 Å². The van der Waals surface area contributed by atoms with Crippen molar-refractivity contribution < 1.29 is 4.79 Å². The zero-order valence-electron chi connectivity index (χ0n) is 15.7. The molecule has 3 nitrogen and oxygen atoms in total. The summed E-state index contributed by atoms with van der Waals surface area (Å²) in [5.74, 6) is 0.248. The van der Waals surface area contributed by atoms with Crippen LogP contribution in [0.25, 0.3) is 11.1 Å². The molecule has 0 aromatic heterocycles. The van der Waals surface area contributed by atoms with Gasteiger partial charge in [0.05, 0.1) is 5.71 Å². The van der Waals surface area contributed by atoms with Gasteiger partial charge in [-0.2, -0.15) is 5.10 Å². The van der Waals surface area contributed by atoms with E-state index in [-0.39, 0.29) is 5.91 Å². The summed E-state index contributed by atoms with van der Waals surface area (Å²) in [4.78, 5) is 12.5. The van der Waals surface area contributed by atoms with Crippen molar-refractivity contribution in [3.8, 4) is 11.1 Å². The van der Waals surface area contributed by atoms with Gasteiger partial charge in [0.2, 0.25) is 0 Å². The molecule has 0 bridgehead atoms. The molecule has 136 valence electrons. The standard InChI is InChI=1S/C24H24N2O/c1-18(2)17-23(21-11-7-4-8-12-21)25-26-24(27)22-15-13-20(14-16-22)19-9-5-3-6-10-19/h3-16,18H,17H2,1-2H3,(H,26,27). The zero-order valence-corrected chi connectivity index (χ0v) is 15.7. The fourth-order valence-electron chi connectivity index (χ4n) is 2.87. The summed E-state index contributed by atoms with van der Waals surface area (Å²) in [6.45, 7) is 4.28. The molecular formula is C24H24N2O. The lowest BCUT2D eigenvalue weighted by molar-refractivity contribution is 0.0954. The van der Waals surface area contributed by atoms with Gasteiger partial charge in [-0.25, -0.2) is 5.43 Å². The molecule has 0 aliphatic heterocycles. The summed E-state index contributed by atoms with van der Waals surface area (Å²) in [5, 5.41) is 4.41. The van der Waals surface area contributed by atoms with E-state index in [1.807, 2.05) is 72.8 Å². The molecule has 0 heterocycles. The number of hydrogen-bond donors (Lipinski definition) is 1. The Morgan fingerprint density at radius 3 is 1.93 bits per heavy atom. The fourth-order valence-corrected chi connectivity index (χ4v) is 2.87. The monoisotopic (exact) mass is 356 g/mol. The number of nitrogens with one attached hydrogen (secondary N) is 1. The molecule has 0 aliphatic rings. The van der Waals surface area contributed by atoms with Crippen molar-refractivity contribution >= 4 is 11.6 Å². The Morgan fingerprint density at radius 2 is 1.33 bits per heavy atom. The van der Waals surface area contributed by atoms with Gasteiger partial charge in [-0.3, -0.25) is 4.79 Å². The number of hydrazone groups is 1. The lowest BCUT2D eigenvalue weighted by Gasteiger charge is -2.10. The highest BCUT2D eigenvalue weighted by molar-refractivity contribution is 6.02. The van der Waals surface area contributed by atoms with E-state index < -0.39 is 0 Å². The van der Waals surface area contributed by atoms with Crippen LogP contribution >= 0.6 is 0 Å². The second-order valence-electron chi connectivity index (χ2n) is 6.91. The minimum atomic E-state index is -0.202. The van der Waals surface area contributed by atoms with E-state index in [4.69, 9.17) is 0 Å². The quantitative estimate of drug-likeness (QED) is 0.458. The topological polar surface area (TPSA) is 41.5 Å². The van der Waals surface area contributed by atoms with Gasteiger partial charge in [0, 0.05) is 5.56 Å². The van der Waals surface area contributed by atoms with Crippen molar-refractivity contribution in [1.82, 2.24) is 5.43 Å². The number of carbonyl (C=O) groups excluding carboxylic acids is 1. The smallest absolute Gasteiger partial charge is 0.267 e. The predicted octanol–water partition coefficient (Wildman–Crippen LogP) is 5.53. The molecule has 0 aliphatic carbocycles. The molecule has 27 heavy (non-hydrogen) atoms. The molecule has 0 spiro atoms. The van der Waals surface area contributed by atoms with Crippen LogP contribution in [0.1, 0.15) is 36.2 Å². The van der Waals surface area contributed by atoms with Crippen molar-refractivity contribution in [2.24, 2.45) is 11.0 Å². The van der Waals surface area contributed by atoms with E-state index in [0.29, 0.717) is 11.5 Å². The second kappa shape index (κ2) is 8.95. The first-order valence-corrected chi connectivity index (χ1v) is 9.21. The minimum absolute atomic E-state index is 0.202. The molecule has 1 amide bonds. The first-order valence-electron chi connectivity index (χ1n) is 9.21. The van der Waals surface area contributed by atoms with Gasteiger partial charge < -0.3 is 0 Å². The Balaban J connectivity index is 1.74. The normalized spacial score (nSPS) is 11.4. The molecule has 1 N–H and O–H groups in total. The van der Waals surface area contributed by atoms with E-state index in [1.54, 1.807) is 0 Å². The Labute approximate surface area is 160 Å². The first-order chi connectivity index (χ1) is 13.1. The SMILES string of the molecule is CC(C)CC(=NNC(=O)c1ccc(-c2ccccc2)cc1)c1ccccc1. The molecule has 0 fully saturated rings. The summed E-state index contributed by atoms with van der Waals surface area (Å²) in [7, 11) is 0. The van der Waals surface area contributed by atoms with E-state index in [2.05, 4.69) is 36.5 Å². The van der Waals surface area contributed by atoms with Crippen molar-refractivity contribution in [3.63, 3.8) is 0 Å². The summed E-state index contributed by atoms with van der Waals surface area (Å²) in [6.07, 6.45) is 0.803. The summed E-state index contributed by atoms with van der Waals surface area (Å²) in [5.41, 5.74) is 7.44. The average molecular weight is 356 g/mol. The fraction of sp³-hybridized carbons (Fsp3) is 0.167. The third-order valence-corrected chi connectivity index (χ3v) is 4.26. The first kappa shape index (κ1) is 18.6. The lowest BCUT2D eigenvalue weighted by atomic mass is 10.0. The lowest BCUT2D eigenvalue weighted by Crippen LogP contribution is -2.20. The van der Waals surface area contributed by atoms with Crippen molar-refractivity contribution in [3.05, 3.63) is 96.1 Å². The Kier molecular flexibility index (Phi) is 6.16. The number of benzene rings is 3. The molecule has 0 atom stereocenters. The van der Waals surface area contributed by atoms with Gasteiger partial charge in [-0.15, -0.1) is 0 Å². The molecule has 0 saturated carbocycles. The summed E-state index contributed by atoms with van der Waals surface area (Å²) >= 11 is 0. The van der Waals surface area contributed by atoms with Gasteiger partial charge >= 0.3 is 0 Å². The summed E-state index contributed by atoms with van der Waals surface area (Å²) in [6, 6.07) is 27.7. The Bertz CT molecular complexity index is 898. The molecule has 3 aromatic rings. The molecule has 3 heteroatoms. The van der Waals surface area contributed by atoms with Crippen LogP contribution in [0.4, 0.5) is 0 Å². The molecular weight excluding hydrogens is 332 g/mol. The van der Waals surface area contributed by atoms with Gasteiger partial charge in [0.1, 0.15) is 0 Å². The molecule has 3 aromatic carbocycles. The second-order valence-corrected chi connectivity index (χ2v) is 6.91. The number of rotatable bonds is 6. The zero-order chi connectivity index (χ0) is 19.1. The summed E-state index contributed by atoms with van der Waals surface area (Å²) < 4.78 is 0. The largest absolute Gasteiger partial charge is 0.271 e. The van der Waals surface area contributed by atoms with Crippen LogP contribution in [0.15, 0.2) is 90.0 Å². The highest BCUT2D eigenvalue weighted by Gasteiger charge is 2.09. The number of hydrogen-bond acceptors (Lipinski definition) is 2. The van der Waals surface area contributed by atoms with E-state index in [1.165, 1.54) is 0 Å². The number of amides is 1. The van der Waals surface area contributed by atoms with E-state index in [0.717, 1.165) is 28.8 Å². The van der Waals surface area contributed by atoms with Gasteiger partial charge in [-0.05, 0) is 41.2 Å². The Morgan fingerprint density at radius 1 is 0.778 bits per heavy atom. The third-order valence-electron chi connectivity index (χ3n) is 4.26. The molecule has 3 rings (SSSR count). The molecule has 0 radical (unpaired) electrons. The molecule has 0 unspecified atom stereocenters. The average Bonchev–Trinajstić information content (AvgIpc) is 2.72. The van der Waals surface area contributed by atoms with Crippen LogP contribution in [0.5, 0.6) is 0 Å². The Hall–Kier alpha value is -3.20. The van der Waals surface area contributed by atoms with Crippen molar-refractivity contribution in [1.29, 1.82) is 0 Å². The highest BCUT2D eigenvalue weighted by atomic mass is 16.2. The van der Waals surface area contributed by atoms with Crippen molar-refractivity contribution in [2.75, 3.05) is 0 Å². The van der Waals surface area contributed by atoms with E-state index >= 15 is 0 Å². The highest BCUT2D eigenvalue weighted by Crippen LogP contribution is 2.19. The maximum atomic E-state index is 12.5. The maximum Gasteiger partial charge on any atom is 0.271 e. The predicted molar refractivity (Wildman–Crippen MR) is 112 cm³/mol. The van der Waals surface area contributed by atoms with Crippen LogP contribution < -0.4 is 5.43 Å². The van der Waals surface area contributed by atoms with Crippen molar-refractivity contribution in [2.45, 2.75) is 20.3 Å².